The first-order chi connectivity index (χ1) is 10.8. The topological polar surface area (TPSA) is 57.7 Å². The van der Waals surface area contributed by atoms with Gasteiger partial charge in [-0.2, -0.15) is 4.31 Å². The molecule has 1 aliphatic heterocycles. The lowest BCUT2D eigenvalue weighted by Gasteiger charge is -2.38. The van der Waals surface area contributed by atoms with Crippen molar-refractivity contribution in [2.24, 2.45) is 0 Å². The van der Waals surface area contributed by atoms with Crippen molar-refractivity contribution in [2.75, 3.05) is 20.1 Å². The summed E-state index contributed by atoms with van der Waals surface area (Å²) < 4.78 is 39.7. The molecule has 1 atom stereocenters. The molecule has 128 valence electrons. The minimum atomic E-state index is -3.62. The number of sulfonamides is 1. The Morgan fingerprint density at radius 1 is 1.22 bits per heavy atom. The van der Waals surface area contributed by atoms with Crippen LogP contribution in [0.15, 0.2) is 24.3 Å². The van der Waals surface area contributed by atoms with E-state index in [-0.39, 0.29) is 11.7 Å². The molecule has 0 radical (unpaired) electrons. The number of nitrogens with zero attached hydrogens (tertiary/aromatic N) is 2. The van der Waals surface area contributed by atoms with Gasteiger partial charge in [-0.3, -0.25) is 4.79 Å². The number of amides is 1. The molecule has 0 saturated carbocycles. The molecule has 1 amide bonds. The fraction of sp³-hybridized carbons (Fsp3) is 0.562. The molecule has 1 fully saturated rings. The Morgan fingerprint density at radius 3 is 2.48 bits per heavy atom. The van der Waals surface area contributed by atoms with Gasteiger partial charge in [-0.25, -0.2) is 12.8 Å². The third kappa shape index (κ3) is 4.29. The first-order valence-electron chi connectivity index (χ1n) is 7.84. The van der Waals surface area contributed by atoms with Gasteiger partial charge in [0, 0.05) is 20.1 Å². The predicted octanol–water partition coefficient (Wildman–Crippen LogP) is 1.99. The van der Waals surface area contributed by atoms with Crippen LogP contribution in [0.2, 0.25) is 0 Å². The molecule has 1 unspecified atom stereocenters. The molecule has 0 aliphatic carbocycles. The minimum Gasteiger partial charge on any atom is -0.343 e. The van der Waals surface area contributed by atoms with Gasteiger partial charge in [0.15, 0.2) is 0 Å². The van der Waals surface area contributed by atoms with Gasteiger partial charge in [0.1, 0.15) is 11.9 Å². The summed E-state index contributed by atoms with van der Waals surface area (Å²) in [6.45, 7) is 2.71. The summed E-state index contributed by atoms with van der Waals surface area (Å²) in [4.78, 5) is 13.9. The second-order valence-electron chi connectivity index (χ2n) is 5.91. The molecule has 0 spiro atoms. The lowest BCUT2D eigenvalue weighted by atomic mass is 10.1. The van der Waals surface area contributed by atoms with Crippen molar-refractivity contribution in [1.82, 2.24) is 9.21 Å². The molecule has 1 aromatic rings. The Bertz CT molecular complexity index is 646. The smallest absolute Gasteiger partial charge is 0.240 e. The third-order valence-electron chi connectivity index (χ3n) is 4.12. The van der Waals surface area contributed by atoms with Crippen LogP contribution in [0.25, 0.3) is 0 Å². The molecule has 1 aromatic carbocycles. The number of unbranched alkanes of at least 4 members (excludes halogenated alkanes) is 1. The number of rotatable bonds is 6. The van der Waals surface area contributed by atoms with Gasteiger partial charge in [-0.15, -0.1) is 0 Å². The predicted molar refractivity (Wildman–Crippen MR) is 86.7 cm³/mol. The van der Waals surface area contributed by atoms with E-state index in [4.69, 9.17) is 0 Å². The van der Waals surface area contributed by atoms with E-state index >= 15 is 0 Å². The molecule has 0 bridgehead atoms. The average molecular weight is 342 g/mol. The van der Waals surface area contributed by atoms with Crippen molar-refractivity contribution in [3.63, 3.8) is 0 Å². The van der Waals surface area contributed by atoms with E-state index in [0.717, 1.165) is 12.8 Å². The molecule has 0 aromatic heterocycles. The molecule has 23 heavy (non-hydrogen) atoms. The van der Waals surface area contributed by atoms with Crippen molar-refractivity contribution < 1.29 is 17.6 Å². The molecule has 0 N–H and O–H groups in total. The highest BCUT2D eigenvalue weighted by Crippen LogP contribution is 2.22. The van der Waals surface area contributed by atoms with Crippen LogP contribution in [-0.2, 0) is 20.6 Å². The van der Waals surface area contributed by atoms with Gasteiger partial charge < -0.3 is 4.90 Å². The quantitative estimate of drug-likeness (QED) is 0.794. The average Bonchev–Trinajstić information content (AvgIpc) is 2.50. The molecule has 1 saturated heterocycles. The Labute approximate surface area is 137 Å². The highest BCUT2D eigenvalue weighted by molar-refractivity contribution is 7.88. The van der Waals surface area contributed by atoms with Gasteiger partial charge in [0.2, 0.25) is 15.9 Å². The van der Waals surface area contributed by atoms with E-state index in [1.807, 2.05) is 6.92 Å². The van der Waals surface area contributed by atoms with Gasteiger partial charge in [-0.1, -0.05) is 31.9 Å². The zero-order valence-corrected chi connectivity index (χ0v) is 14.4. The lowest BCUT2D eigenvalue weighted by molar-refractivity contribution is -0.137. The Hall–Kier alpha value is -1.47. The van der Waals surface area contributed by atoms with Crippen LogP contribution in [0.5, 0.6) is 0 Å². The zero-order chi connectivity index (χ0) is 17.0. The standard InChI is InChI=1S/C16H23FN2O3S/c1-3-4-5-15-16(20)18(2)10-11-19(15)23(21,22)12-13-6-8-14(17)9-7-13/h6-9,15H,3-5,10-12H2,1-2H3. The third-order valence-corrected chi connectivity index (χ3v) is 5.97. The van der Waals surface area contributed by atoms with E-state index in [2.05, 4.69) is 0 Å². The summed E-state index contributed by atoms with van der Waals surface area (Å²) in [6, 6.07) is 4.79. The maximum absolute atomic E-state index is 13.0. The van der Waals surface area contributed by atoms with Crippen LogP contribution < -0.4 is 0 Å². The van der Waals surface area contributed by atoms with Crippen molar-refractivity contribution in [3.8, 4) is 0 Å². The maximum atomic E-state index is 13.0. The van der Waals surface area contributed by atoms with E-state index in [0.29, 0.717) is 25.1 Å². The first kappa shape index (κ1) is 17.9. The highest BCUT2D eigenvalue weighted by Gasteiger charge is 2.39. The fourth-order valence-corrected chi connectivity index (χ4v) is 4.49. The van der Waals surface area contributed by atoms with Crippen LogP contribution in [0.4, 0.5) is 4.39 Å². The number of likely N-dealkylation sites (N-methyl/N-ethyl adjacent to an activating group) is 1. The number of hydrogen-bond acceptors (Lipinski definition) is 3. The minimum absolute atomic E-state index is 0.146. The summed E-state index contributed by atoms with van der Waals surface area (Å²) in [5.74, 6) is -0.762. The number of hydrogen-bond donors (Lipinski definition) is 0. The van der Waals surface area contributed by atoms with Crippen LogP contribution in [-0.4, -0.2) is 49.7 Å². The normalized spacial score (nSPS) is 20.0. The Balaban J connectivity index is 2.20. The van der Waals surface area contributed by atoms with Crippen molar-refractivity contribution in [1.29, 1.82) is 0 Å². The summed E-state index contributed by atoms with van der Waals surface area (Å²) in [7, 11) is -1.92. The van der Waals surface area contributed by atoms with Crippen molar-refractivity contribution >= 4 is 15.9 Å². The van der Waals surface area contributed by atoms with E-state index in [1.165, 1.54) is 28.6 Å². The van der Waals surface area contributed by atoms with Crippen LogP contribution in [0.3, 0.4) is 0 Å². The van der Waals surface area contributed by atoms with E-state index < -0.39 is 21.9 Å². The summed E-state index contributed by atoms with van der Waals surface area (Å²) >= 11 is 0. The second kappa shape index (κ2) is 7.40. The molecule has 1 heterocycles. The van der Waals surface area contributed by atoms with Crippen LogP contribution in [0.1, 0.15) is 31.7 Å². The van der Waals surface area contributed by atoms with Crippen molar-refractivity contribution in [3.05, 3.63) is 35.6 Å². The molecule has 7 heteroatoms. The summed E-state index contributed by atoms with van der Waals surface area (Å²) in [5, 5.41) is 0. The molecule has 1 aliphatic rings. The monoisotopic (exact) mass is 342 g/mol. The lowest BCUT2D eigenvalue weighted by Crippen LogP contribution is -2.57. The number of benzene rings is 1. The van der Waals surface area contributed by atoms with Crippen molar-refractivity contribution in [2.45, 2.75) is 38.0 Å². The van der Waals surface area contributed by atoms with Gasteiger partial charge in [-0.05, 0) is 24.1 Å². The van der Waals surface area contributed by atoms with Crippen LogP contribution in [0, 0.1) is 5.82 Å². The van der Waals surface area contributed by atoms with Gasteiger partial charge in [0.05, 0.1) is 5.75 Å². The second-order valence-corrected chi connectivity index (χ2v) is 7.83. The molecule has 2 rings (SSSR count). The Morgan fingerprint density at radius 2 is 1.87 bits per heavy atom. The zero-order valence-electron chi connectivity index (χ0n) is 13.5. The summed E-state index contributed by atoms with van der Waals surface area (Å²) in [5.41, 5.74) is 0.520. The molecule has 5 nitrogen and oxygen atoms in total. The van der Waals surface area contributed by atoms with Gasteiger partial charge in [0.25, 0.3) is 0 Å². The SMILES string of the molecule is CCCCC1C(=O)N(C)CCN1S(=O)(=O)Cc1ccc(F)cc1. The number of piperazine rings is 1. The summed E-state index contributed by atoms with van der Waals surface area (Å²) in [6.07, 6.45) is 2.23. The van der Waals surface area contributed by atoms with Gasteiger partial charge >= 0.3 is 0 Å². The van der Waals surface area contributed by atoms with E-state index in [9.17, 15) is 17.6 Å². The first-order valence-corrected chi connectivity index (χ1v) is 9.45. The van der Waals surface area contributed by atoms with Crippen LogP contribution >= 0.6 is 0 Å². The number of carbonyl (C=O) groups excluding carboxylic acids is 1. The molecular weight excluding hydrogens is 319 g/mol. The largest absolute Gasteiger partial charge is 0.343 e. The number of halogens is 1. The maximum Gasteiger partial charge on any atom is 0.240 e. The fourth-order valence-electron chi connectivity index (χ4n) is 2.76. The highest BCUT2D eigenvalue weighted by atomic mass is 32.2. The Kier molecular flexibility index (Phi) is 5.75. The van der Waals surface area contributed by atoms with E-state index in [1.54, 1.807) is 11.9 Å². The number of carbonyl (C=O) groups is 1. The molecular formula is C16H23FN2O3S.